The zero-order valence-electron chi connectivity index (χ0n) is 15.5. The van der Waals surface area contributed by atoms with Gasteiger partial charge in [-0.25, -0.2) is 12.8 Å². The molecule has 0 radical (unpaired) electrons. The first-order chi connectivity index (χ1) is 13.8. The molecule has 0 aliphatic carbocycles. The molecule has 150 valence electrons. The summed E-state index contributed by atoms with van der Waals surface area (Å²) in [6, 6.07) is 18.2. The number of amides is 1. The highest BCUT2D eigenvalue weighted by molar-refractivity contribution is 7.92. The summed E-state index contributed by atoms with van der Waals surface area (Å²) in [6.07, 6.45) is 0. The number of hydrogen-bond acceptors (Lipinski definition) is 3. The third kappa shape index (κ3) is 5.13. The Morgan fingerprint density at radius 2 is 1.76 bits per heavy atom. The third-order valence-electron chi connectivity index (χ3n) is 4.16. The second kappa shape index (κ2) is 8.63. The van der Waals surface area contributed by atoms with Crippen LogP contribution in [0.25, 0.3) is 0 Å². The van der Waals surface area contributed by atoms with Gasteiger partial charge in [0.05, 0.1) is 10.6 Å². The van der Waals surface area contributed by atoms with Crippen molar-refractivity contribution in [3.05, 3.63) is 94.8 Å². The molecule has 3 aromatic rings. The summed E-state index contributed by atoms with van der Waals surface area (Å²) < 4.78 is 41.2. The van der Waals surface area contributed by atoms with Crippen molar-refractivity contribution in [3.63, 3.8) is 0 Å². The van der Waals surface area contributed by atoms with Crippen LogP contribution in [0.5, 0.6) is 0 Å². The number of sulfonamides is 1. The maximum atomic E-state index is 13.8. The number of para-hydroxylation sites is 1. The number of benzene rings is 3. The van der Waals surface area contributed by atoms with E-state index in [2.05, 4.69) is 4.72 Å². The van der Waals surface area contributed by atoms with E-state index in [4.69, 9.17) is 11.6 Å². The number of nitrogens with zero attached hydrogens (tertiary/aromatic N) is 1. The van der Waals surface area contributed by atoms with Crippen LogP contribution in [0.15, 0.2) is 77.7 Å². The van der Waals surface area contributed by atoms with Crippen LogP contribution in [-0.4, -0.2) is 26.3 Å². The highest BCUT2D eigenvalue weighted by Crippen LogP contribution is 2.20. The fraction of sp³-hybridized carbons (Fsp3) is 0.0952. The quantitative estimate of drug-likeness (QED) is 0.621. The Hall–Kier alpha value is -2.90. The van der Waals surface area contributed by atoms with Crippen molar-refractivity contribution in [1.29, 1.82) is 0 Å². The monoisotopic (exact) mass is 432 g/mol. The summed E-state index contributed by atoms with van der Waals surface area (Å²) in [4.78, 5) is 14.1. The smallest absolute Gasteiger partial charge is 0.262 e. The standard InChI is InChI=1S/C21H18ClFN2O3S/c1-25(14-15-6-4-8-17(22)12-15)21(26)16-7-5-9-18(13-16)29(27,28)24-20-11-3-2-10-19(20)23/h2-13,24H,14H2,1H3. The lowest BCUT2D eigenvalue weighted by Gasteiger charge is -2.18. The van der Waals surface area contributed by atoms with Gasteiger partial charge in [-0.15, -0.1) is 0 Å². The van der Waals surface area contributed by atoms with E-state index in [1.54, 1.807) is 25.2 Å². The molecule has 0 unspecified atom stereocenters. The van der Waals surface area contributed by atoms with Crippen molar-refractivity contribution >= 4 is 33.2 Å². The third-order valence-corrected chi connectivity index (χ3v) is 5.76. The molecule has 0 bridgehead atoms. The lowest BCUT2D eigenvalue weighted by atomic mass is 10.1. The Bertz CT molecular complexity index is 1150. The van der Waals surface area contributed by atoms with E-state index < -0.39 is 15.8 Å². The number of nitrogens with one attached hydrogen (secondary N) is 1. The minimum atomic E-state index is -4.06. The van der Waals surface area contributed by atoms with Gasteiger partial charge in [0, 0.05) is 24.2 Å². The molecule has 0 atom stereocenters. The second-order valence-electron chi connectivity index (χ2n) is 6.40. The summed E-state index contributed by atoms with van der Waals surface area (Å²) in [5, 5.41) is 0.565. The predicted octanol–water partition coefficient (Wildman–Crippen LogP) is 4.55. The summed E-state index contributed by atoms with van der Waals surface area (Å²) in [6.45, 7) is 0.309. The largest absolute Gasteiger partial charge is 0.337 e. The van der Waals surface area contributed by atoms with Gasteiger partial charge in [0.2, 0.25) is 0 Å². The Morgan fingerprint density at radius 3 is 2.48 bits per heavy atom. The van der Waals surface area contributed by atoms with Gasteiger partial charge in [0.1, 0.15) is 5.82 Å². The molecule has 0 fully saturated rings. The van der Waals surface area contributed by atoms with E-state index in [-0.39, 0.29) is 22.1 Å². The molecular weight excluding hydrogens is 415 g/mol. The van der Waals surface area contributed by atoms with Crippen LogP contribution in [0, 0.1) is 5.82 Å². The molecular formula is C21H18ClFN2O3S. The summed E-state index contributed by atoms with van der Waals surface area (Å²) in [5.74, 6) is -1.04. The van der Waals surface area contributed by atoms with Crippen molar-refractivity contribution in [2.75, 3.05) is 11.8 Å². The molecule has 0 spiro atoms. The maximum absolute atomic E-state index is 13.8. The van der Waals surface area contributed by atoms with Crippen LogP contribution in [0.4, 0.5) is 10.1 Å². The van der Waals surface area contributed by atoms with Crippen molar-refractivity contribution in [2.45, 2.75) is 11.4 Å². The Labute approximate surface area is 173 Å². The minimum absolute atomic E-state index is 0.136. The van der Waals surface area contributed by atoms with Crippen LogP contribution in [0.3, 0.4) is 0 Å². The molecule has 0 saturated heterocycles. The molecule has 1 amide bonds. The molecule has 29 heavy (non-hydrogen) atoms. The normalized spacial score (nSPS) is 11.1. The minimum Gasteiger partial charge on any atom is -0.337 e. The van der Waals surface area contributed by atoms with Crippen molar-refractivity contribution in [2.24, 2.45) is 0 Å². The number of rotatable bonds is 6. The first-order valence-corrected chi connectivity index (χ1v) is 10.5. The fourth-order valence-electron chi connectivity index (χ4n) is 2.75. The highest BCUT2D eigenvalue weighted by Gasteiger charge is 2.19. The first-order valence-electron chi connectivity index (χ1n) is 8.63. The van der Waals surface area contributed by atoms with Crippen LogP contribution < -0.4 is 4.72 Å². The number of carbonyl (C=O) groups is 1. The van der Waals surface area contributed by atoms with Gasteiger partial charge in [0.25, 0.3) is 15.9 Å². The molecule has 3 aromatic carbocycles. The molecule has 8 heteroatoms. The van der Waals surface area contributed by atoms with Crippen molar-refractivity contribution < 1.29 is 17.6 Å². The topological polar surface area (TPSA) is 66.5 Å². The zero-order chi connectivity index (χ0) is 21.0. The van der Waals surface area contributed by atoms with E-state index >= 15 is 0 Å². The average Bonchev–Trinajstić information content (AvgIpc) is 2.69. The molecule has 0 heterocycles. The molecule has 1 N–H and O–H groups in total. The summed E-state index contributed by atoms with van der Waals surface area (Å²) in [7, 11) is -2.45. The van der Waals surface area contributed by atoms with Gasteiger partial charge in [0.15, 0.2) is 0 Å². The molecule has 0 aliphatic rings. The van der Waals surface area contributed by atoms with Gasteiger partial charge in [-0.2, -0.15) is 0 Å². The molecule has 0 aromatic heterocycles. The molecule has 0 aliphatic heterocycles. The number of halogens is 2. The van der Waals surface area contributed by atoms with Crippen LogP contribution >= 0.6 is 11.6 Å². The number of carbonyl (C=O) groups excluding carboxylic acids is 1. The van der Waals surface area contributed by atoms with Gasteiger partial charge in [-0.3, -0.25) is 9.52 Å². The number of hydrogen-bond donors (Lipinski definition) is 1. The lowest BCUT2D eigenvalue weighted by molar-refractivity contribution is 0.0785. The molecule has 0 saturated carbocycles. The summed E-state index contributed by atoms with van der Waals surface area (Å²) in [5.41, 5.74) is 0.881. The average molecular weight is 433 g/mol. The van der Waals surface area contributed by atoms with Gasteiger partial charge in [-0.1, -0.05) is 41.9 Å². The number of anilines is 1. The van der Waals surface area contributed by atoms with Crippen molar-refractivity contribution in [1.82, 2.24) is 4.90 Å². The van der Waals surface area contributed by atoms with E-state index in [0.29, 0.717) is 11.6 Å². The van der Waals surface area contributed by atoms with E-state index in [1.807, 2.05) is 6.07 Å². The van der Waals surface area contributed by atoms with Crippen LogP contribution in [0.2, 0.25) is 5.02 Å². The van der Waals surface area contributed by atoms with Gasteiger partial charge < -0.3 is 4.90 Å². The van der Waals surface area contributed by atoms with E-state index in [1.165, 1.54) is 47.4 Å². The van der Waals surface area contributed by atoms with E-state index in [9.17, 15) is 17.6 Å². The lowest BCUT2D eigenvalue weighted by Crippen LogP contribution is -2.26. The van der Waals surface area contributed by atoms with Crippen molar-refractivity contribution in [3.8, 4) is 0 Å². The molecule has 5 nitrogen and oxygen atoms in total. The zero-order valence-corrected chi connectivity index (χ0v) is 17.0. The van der Waals surface area contributed by atoms with E-state index in [0.717, 1.165) is 11.6 Å². The van der Waals surface area contributed by atoms with Gasteiger partial charge in [-0.05, 0) is 48.0 Å². The van der Waals surface area contributed by atoms with Gasteiger partial charge >= 0.3 is 0 Å². The van der Waals surface area contributed by atoms with Crippen LogP contribution in [0.1, 0.15) is 15.9 Å². The summed E-state index contributed by atoms with van der Waals surface area (Å²) >= 11 is 5.97. The predicted molar refractivity (Wildman–Crippen MR) is 111 cm³/mol. The van der Waals surface area contributed by atoms with Crippen LogP contribution in [-0.2, 0) is 16.6 Å². The SMILES string of the molecule is CN(Cc1cccc(Cl)c1)C(=O)c1cccc(S(=O)(=O)Nc2ccccc2F)c1. The Kier molecular flexibility index (Phi) is 6.20. The fourth-order valence-corrected chi connectivity index (χ4v) is 4.07. The first kappa shape index (κ1) is 20.8. The highest BCUT2D eigenvalue weighted by atomic mass is 35.5. The second-order valence-corrected chi connectivity index (χ2v) is 8.52. The molecule has 3 rings (SSSR count). The Balaban J connectivity index is 1.81. The Morgan fingerprint density at radius 1 is 1.03 bits per heavy atom. The maximum Gasteiger partial charge on any atom is 0.262 e.